The fraction of sp³-hybridized carbons (Fsp3) is 0. The van der Waals surface area contributed by atoms with Crippen molar-refractivity contribution in [3.63, 3.8) is 0 Å². The van der Waals surface area contributed by atoms with Crippen LogP contribution in [0.1, 0.15) is 0 Å². The van der Waals surface area contributed by atoms with E-state index in [9.17, 15) is 0 Å². The minimum absolute atomic E-state index is 0. The molecule has 38 nitrogen and oxygen atoms in total. The summed E-state index contributed by atoms with van der Waals surface area (Å²) in [5.74, 6) is 0. The summed E-state index contributed by atoms with van der Waals surface area (Å²) in [7, 11) is -10.3. The fourth-order valence-corrected chi connectivity index (χ4v) is 0. The van der Waals surface area contributed by atoms with E-state index in [2.05, 4.69) is 0 Å². The van der Waals surface area contributed by atoms with Crippen molar-refractivity contribution in [1.82, 2.24) is 0 Å². The summed E-state index contributed by atoms with van der Waals surface area (Å²) in [6, 6.07) is 0. The second kappa shape index (κ2) is 443. The van der Waals surface area contributed by atoms with Crippen LogP contribution in [0, 0.1) is 0 Å². The third kappa shape index (κ3) is 638000. The molecule has 42 heteroatoms. The molecule has 42 heavy (non-hydrogen) atoms. The zero-order chi connectivity index (χ0) is 9.00. The molecule has 304 valence electrons. The molecule has 0 aliphatic carbocycles. The Kier molecular flexibility index (Phi) is 11000. The van der Waals surface area contributed by atoms with Crippen LogP contribution in [-0.4, -0.2) is 199 Å². The summed E-state index contributed by atoms with van der Waals surface area (Å²) in [6.07, 6.45) is 0. The Bertz CT molecular complexity index is 205. The van der Waals surface area contributed by atoms with E-state index < -0.39 is 18.2 Å². The van der Waals surface area contributed by atoms with Gasteiger partial charge in [0.25, 0.3) is 0 Å². The van der Waals surface area contributed by atoms with Crippen LogP contribution < -0.4 is 44.2 Å². The molecular formula is H61AlNaO38PS. The molecule has 0 amide bonds. The second-order valence-corrected chi connectivity index (χ2v) is 2.62. The third-order valence-corrected chi connectivity index (χ3v) is 0. The van der Waals surface area contributed by atoms with Crippen LogP contribution in [0.4, 0.5) is 0 Å². The first-order chi connectivity index (χ1) is 4.00. The van der Waals surface area contributed by atoms with Crippen LogP contribution in [0.15, 0.2) is 0 Å². The van der Waals surface area contributed by atoms with Crippen LogP contribution >= 0.6 is 7.82 Å². The van der Waals surface area contributed by atoms with Crippen molar-refractivity contribution in [2.75, 3.05) is 0 Å². The molecule has 0 saturated carbocycles. The number of phosphoric acid groups is 1. The Labute approximate surface area is 266 Å². The first kappa shape index (κ1) is 1050. The van der Waals surface area contributed by atoms with Gasteiger partial charge in [-0.3, -0.25) is 4.55 Å². The van der Waals surface area contributed by atoms with Crippen LogP contribution in [0.5, 0.6) is 0 Å². The van der Waals surface area contributed by atoms with Crippen molar-refractivity contribution < 1.29 is 231 Å². The van der Waals surface area contributed by atoms with Crippen LogP contribution in [0.25, 0.3) is 0 Å². The van der Waals surface area contributed by atoms with Crippen molar-refractivity contribution in [2.45, 2.75) is 0 Å². The minimum Gasteiger partial charge on any atom is -0.822 e. The van der Waals surface area contributed by atoms with Gasteiger partial charge in [-0.15, -0.1) is 0 Å². The maximum Gasteiger partial charge on any atom is 3.00 e. The Balaban J connectivity index is -0.000000000541. The van der Waals surface area contributed by atoms with Crippen LogP contribution in [0.3, 0.4) is 0 Å². The summed E-state index contributed by atoms with van der Waals surface area (Å²) in [4.78, 5) is 25.6. The fourth-order valence-electron chi connectivity index (χ4n) is 0. The summed E-state index contributed by atoms with van der Waals surface area (Å²) >= 11 is 0. The summed E-state index contributed by atoms with van der Waals surface area (Å²) in [5, 5.41) is 0. The number of hydrogen-bond donors (Lipinski definition) is 1. The van der Waals surface area contributed by atoms with E-state index in [4.69, 9.17) is 36.8 Å². The SMILES string of the molecule is O.O.O.O.O.O.O.O.O.O.O.O.O.O.O.O.O.O.O.O.O.O.O.O.O.O.O.O.O.O.O=P([O-])([O-])[O-].O=S(=O)([O-])O.[Al+3].[Na+]. The molecule has 0 saturated heterocycles. The van der Waals surface area contributed by atoms with Gasteiger partial charge in [0, 0.05) is 0 Å². The van der Waals surface area contributed by atoms with E-state index in [1.54, 1.807) is 0 Å². The largest absolute Gasteiger partial charge is 3.00 e. The zero-order valence-electron chi connectivity index (χ0n) is 20.7. The van der Waals surface area contributed by atoms with Crippen LogP contribution in [-0.2, 0) is 15.0 Å². The van der Waals surface area contributed by atoms with Crippen LogP contribution in [0.2, 0.25) is 0 Å². The van der Waals surface area contributed by atoms with Crippen molar-refractivity contribution in [2.24, 2.45) is 0 Å². The van der Waals surface area contributed by atoms with Gasteiger partial charge in [-0.2, -0.15) is 7.82 Å². The van der Waals surface area contributed by atoms with Crippen molar-refractivity contribution in [1.29, 1.82) is 0 Å². The van der Waals surface area contributed by atoms with E-state index in [1.165, 1.54) is 0 Å². The molecule has 0 aromatic heterocycles. The van der Waals surface area contributed by atoms with Crippen molar-refractivity contribution >= 4 is 35.6 Å². The number of hydrogen-bond acceptors (Lipinski definition) is 7. The van der Waals surface area contributed by atoms with E-state index in [0.717, 1.165) is 0 Å². The third-order valence-electron chi connectivity index (χ3n) is 0. The predicted molar refractivity (Wildman–Crippen MR) is 134 cm³/mol. The standard InChI is InChI=1S/Al.Na.H3O4P.H2O4S.30H2O/c;;2*1-5(2,3)4;;;;;;;;;;;;;;;;;;;;;;;;;;;;;;/h;;(H3,1,2,3,4);(H2,1,2,3,4);30*1H2/q+3;+1;;;;;;;;;;;;;;;;;;;;;;;;;;;;;;;;/p-4. The average Bonchev–Trinajstić information content (AvgIpc) is 1.12. The normalized spacial score (nSPS) is 2.79. The Morgan fingerprint density at radius 3 is 0.357 bits per heavy atom. The summed E-state index contributed by atoms with van der Waals surface area (Å²) in [5.41, 5.74) is 0. The molecule has 0 bridgehead atoms. The maximum absolute atomic E-state index is 8.63. The average molecular weight is 782 g/mol. The van der Waals surface area contributed by atoms with Gasteiger partial charge in [0.1, 0.15) is 0 Å². The maximum atomic E-state index is 8.63. The van der Waals surface area contributed by atoms with E-state index in [-0.39, 0.29) is 211 Å². The molecule has 0 unspecified atom stereocenters. The molecule has 0 rings (SSSR count). The molecule has 0 radical (unpaired) electrons. The quantitative estimate of drug-likeness (QED) is 0.106. The molecule has 0 heterocycles. The molecule has 0 atom stereocenters. The first-order valence-electron chi connectivity index (χ1n) is 1.41. The summed E-state index contributed by atoms with van der Waals surface area (Å²) in [6.45, 7) is 0. The van der Waals surface area contributed by atoms with E-state index in [0.29, 0.717) is 0 Å². The minimum atomic E-state index is -5.39. The first-order valence-corrected chi connectivity index (χ1v) is 4.24. The molecule has 0 aromatic carbocycles. The van der Waals surface area contributed by atoms with Gasteiger partial charge in [-0.25, -0.2) is 8.42 Å². The van der Waals surface area contributed by atoms with Gasteiger partial charge in [0.2, 0.25) is 10.4 Å². The second-order valence-electron chi connectivity index (χ2n) is 0.875. The zero-order valence-corrected chi connectivity index (χ0v) is 25.6. The van der Waals surface area contributed by atoms with Gasteiger partial charge in [0.05, 0.1) is 0 Å². The topological polar surface area (TPSA) is 1110 Å². The molecule has 61 N–H and O–H groups in total. The van der Waals surface area contributed by atoms with Crippen molar-refractivity contribution in [3.8, 4) is 0 Å². The smallest absolute Gasteiger partial charge is 0.822 e. The number of rotatable bonds is 0. The van der Waals surface area contributed by atoms with Gasteiger partial charge in [0.15, 0.2) is 0 Å². The Morgan fingerprint density at radius 2 is 0.357 bits per heavy atom. The Hall–Kier alpha value is 0.312. The van der Waals surface area contributed by atoms with Gasteiger partial charge < -0.3 is 188 Å². The molecular weight excluding hydrogens is 721 g/mol. The molecule has 0 fully saturated rings. The van der Waals surface area contributed by atoms with Gasteiger partial charge >= 0.3 is 46.9 Å². The van der Waals surface area contributed by atoms with E-state index >= 15 is 0 Å². The molecule has 0 spiro atoms. The molecule has 0 aliphatic heterocycles. The van der Waals surface area contributed by atoms with Crippen molar-refractivity contribution in [3.05, 3.63) is 0 Å². The van der Waals surface area contributed by atoms with Gasteiger partial charge in [-0.05, 0) is 0 Å². The van der Waals surface area contributed by atoms with E-state index in [1.807, 2.05) is 0 Å². The molecule has 0 aliphatic rings. The molecule has 0 aromatic rings. The Morgan fingerprint density at radius 1 is 0.357 bits per heavy atom. The summed E-state index contributed by atoms with van der Waals surface area (Å²) < 4.78 is 41.4. The monoisotopic (exact) mass is 782 g/mol. The van der Waals surface area contributed by atoms with Gasteiger partial charge in [-0.1, -0.05) is 0 Å². The predicted octanol–water partition coefficient (Wildman–Crippen LogP) is -31.9.